The topological polar surface area (TPSA) is 77.4 Å². The molecule has 4 aliphatic rings. The molecule has 0 saturated carbocycles. The number of thioether (sulfide) groups is 1. The van der Waals surface area contributed by atoms with E-state index in [1.165, 1.54) is 71.1 Å². The summed E-state index contributed by atoms with van der Waals surface area (Å²) in [7, 11) is -7.42. The lowest BCUT2D eigenvalue weighted by Crippen LogP contribution is -2.40. The van der Waals surface area contributed by atoms with Gasteiger partial charge in [-0.25, -0.2) is 0 Å². The summed E-state index contributed by atoms with van der Waals surface area (Å²) in [5.74, 6) is 2.74. The van der Waals surface area contributed by atoms with Gasteiger partial charge >= 0.3 is 0 Å². The van der Waals surface area contributed by atoms with Crippen LogP contribution in [-0.2, 0) is 0 Å². The number of aryl methyl sites for hydroxylation is 3. The van der Waals surface area contributed by atoms with E-state index in [1.807, 2.05) is 0 Å². The summed E-state index contributed by atoms with van der Waals surface area (Å²) in [6.07, 6.45) is 1.16. The summed E-state index contributed by atoms with van der Waals surface area (Å²) in [6.45, 7) is 20.5. The van der Waals surface area contributed by atoms with E-state index in [-0.39, 0.29) is 0 Å². The van der Waals surface area contributed by atoms with Crippen molar-refractivity contribution in [3.63, 3.8) is 0 Å². The lowest BCUT2D eigenvalue weighted by molar-refractivity contribution is 0.764. The van der Waals surface area contributed by atoms with Crippen LogP contribution in [0.1, 0.15) is 34.6 Å². The van der Waals surface area contributed by atoms with E-state index in [0.29, 0.717) is 5.92 Å². The fourth-order valence-corrected chi connectivity index (χ4v) is 18.1. The van der Waals surface area contributed by atoms with Gasteiger partial charge in [-0.05, 0) is 179 Å². The zero-order valence-corrected chi connectivity index (χ0v) is 45.2. The Morgan fingerprint density at radius 3 is 1.49 bits per heavy atom. The Kier molecular flexibility index (Phi) is 9.70. The Labute approximate surface area is 415 Å². The van der Waals surface area contributed by atoms with E-state index in [4.69, 9.17) is 27.9 Å². The molecule has 9 aromatic carbocycles. The molecule has 13 rings (SSSR count). The van der Waals surface area contributed by atoms with Gasteiger partial charge in [0.25, 0.3) is 25.2 Å². The summed E-state index contributed by atoms with van der Waals surface area (Å²) in [6, 6.07) is 47.2. The van der Waals surface area contributed by atoms with E-state index in [9.17, 15) is 0 Å². The molecular formula is C59H55N7SSi3. The fraction of sp³-hybridized carbons (Fsp3) is 0.220. The van der Waals surface area contributed by atoms with Crippen LogP contribution < -0.4 is 37.0 Å². The number of benzene rings is 9. The predicted molar refractivity (Wildman–Crippen MR) is 300 cm³/mol. The van der Waals surface area contributed by atoms with Crippen LogP contribution in [0, 0.1) is 20.8 Å². The normalized spacial score (nSPS) is 17.9. The number of fused-ring (bicyclic) bond motifs is 9. The molecule has 0 spiro atoms. The molecule has 1 saturated heterocycles. The third-order valence-electron chi connectivity index (χ3n) is 14.9. The monoisotopic (exact) mass is 977 g/mol. The first-order valence-electron chi connectivity index (χ1n) is 24.7. The summed E-state index contributed by atoms with van der Waals surface area (Å²) in [4.78, 5) is 2.48. The van der Waals surface area contributed by atoms with Crippen molar-refractivity contribution in [3.05, 3.63) is 182 Å². The molecule has 7 nitrogen and oxygen atoms in total. The first-order valence-corrected chi connectivity index (χ1v) is 34.6. The number of rotatable bonds is 6. The molecule has 0 bridgehead atoms. The van der Waals surface area contributed by atoms with Crippen molar-refractivity contribution in [2.45, 2.75) is 72.4 Å². The Hall–Kier alpha value is -6.38. The molecular weight excluding hydrogens is 923 g/mol. The van der Waals surface area contributed by atoms with E-state index in [1.54, 1.807) is 0 Å². The van der Waals surface area contributed by atoms with E-state index in [2.05, 4.69) is 204 Å². The molecule has 0 aromatic heterocycles. The minimum atomic E-state index is -2.52. The second-order valence-electron chi connectivity index (χ2n) is 21.3. The molecule has 9 aromatic rings. The van der Waals surface area contributed by atoms with Crippen LogP contribution in [-0.4, -0.2) is 36.7 Å². The first kappa shape index (κ1) is 43.6. The van der Waals surface area contributed by atoms with Crippen molar-refractivity contribution >= 4 is 97.1 Å². The highest BCUT2D eigenvalue weighted by Crippen LogP contribution is 2.41. The molecule has 70 heavy (non-hydrogen) atoms. The Bertz CT molecular complexity index is 4240. The number of hydrogen-bond donors (Lipinski definition) is 0. The minimum absolute atomic E-state index is 0.454. The highest BCUT2D eigenvalue weighted by Gasteiger charge is 2.36. The maximum atomic E-state index is 5.76. The molecule has 0 aliphatic carbocycles. The molecule has 1 unspecified atom stereocenters. The van der Waals surface area contributed by atoms with Crippen molar-refractivity contribution < 1.29 is 0 Å². The van der Waals surface area contributed by atoms with Gasteiger partial charge in [-0.15, -0.1) is 0 Å². The molecule has 4 heterocycles. The van der Waals surface area contributed by atoms with Gasteiger partial charge in [-0.2, -0.15) is 11.8 Å². The van der Waals surface area contributed by atoms with Crippen LogP contribution in [0.15, 0.2) is 155 Å². The van der Waals surface area contributed by atoms with Gasteiger partial charge < -0.3 is 4.90 Å². The average Bonchev–Trinajstić information content (AvgIpc) is 4.12. The largest absolute Gasteiger partial charge is 0.304 e. The quantitative estimate of drug-likeness (QED) is 0.123. The molecule has 0 N–H and O–H groups in total. The van der Waals surface area contributed by atoms with E-state index >= 15 is 0 Å². The van der Waals surface area contributed by atoms with Crippen LogP contribution >= 0.6 is 11.8 Å². The van der Waals surface area contributed by atoms with Crippen molar-refractivity contribution in [2.75, 3.05) is 16.4 Å². The summed E-state index contributed by atoms with van der Waals surface area (Å²) in [5.41, 5.74) is 12.7. The lowest BCUT2D eigenvalue weighted by Gasteiger charge is -2.29. The number of anilines is 3. The van der Waals surface area contributed by atoms with Crippen molar-refractivity contribution in [1.29, 1.82) is 0 Å². The second-order valence-corrected chi connectivity index (χ2v) is 32.8. The van der Waals surface area contributed by atoms with Crippen molar-refractivity contribution in [2.24, 2.45) is 27.9 Å². The third kappa shape index (κ3) is 6.79. The Balaban J connectivity index is 1.15. The standard InChI is InChI=1S/C59H55N7SSi3/c1-34-29-48(54-57(63-68(4,5)60-54)51(34)39-27-28-67-33-39)66(49-30-35(2)52(58-55(49)61-69(6,7)64-58)46-24-16-23-43-40-19-12-10-17-37(40)25-26-45(43)46)50-31-36(3)53(59-56(50)62-70(8,9)65-59)47-32-38-18-11-13-20-41(38)42-21-14-15-22-44(42)47/h10-26,29-32,39H,27-28,33H2,1-9H3. The van der Waals surface area contributed by atoms with Crippen LogP contribution in [0.25, 0.3) is 65.3 Å². The summed E-state index contributed by atoms with van der Waals surface area (Å²) >= 11 is 2.06. The molecule has 344 valence electrons. The van der Waals surface area contributed by atoms with Gasteiger partial charge in [0.05, 0.1) is 49.2 Å². The fourth-order valence-electron chi connectivity index (χ4n) is 12.1. The van der Waals surface area contributed by atoms with Crippen LogP contribution in [0.2, 0.25) is 39.3 Å². The number of hydrogen-bond acceptors (Lipinski definition) is 8. The van der Waals surface area contributed by atoms with Crippen molar-refractivity contribution in [1.82, 2.24) is 0 Å². The molecule has 1 atom stereocenters. The first-order chi connectivity index (χ1) is 33.6. The third-order valence-corrected chi connectivity index (χ3v) is 20.7. The van der Waals surface area contributed by atoms with Gasteiger partial charge in [0.2, 0.25) is 0 Å². The van der Waals surface area contributed by atoms with Gasteiger partial charge in [0.15, 0.2) is 0 Å². The van der Waals surface area contributed by atoms with Gasteiger partial charge in [-0.1, -0.05) is 103 Å². The molecule has 4 aliphatic heterocycles. The minimum Gasteiger partial charge on any atom is -0.304 e. The highest BCUT2D eigenvalue weighted by atomic mass is 32.2. The zero-order valence-electron chi connectivity index (χ0n) is 41.4. The smallest absolute Gasteiger partial charge is 0.298 e. The van der Waals surface area contributed by atoms with Crippen LogP contribution in [0.3, 0.4) is 0 Å². The molecule has 11 heteroatoms. The molecule has 1 fully saturated rings. The Morgan fingerprint density at radius 2 is 0.886 bits per heavy atom. The summed E-state index contributed by atoms with van der Waals surface area (Å²) in [5, 5.41) is 15.8. The molecule has 0 amide bonds. The average molecular weight is 978 g/mol. The zero-order chi connectivity index (χ0) is 48.0. The highest BCUT2D eigenvalue weighted by molar-refractivity contribution is 7.99. The second kappa shape index (κ2) is 15.6. The van der Waals surface area contributed by atoms with Crippen LogP contribution in [0.5, 0.6) is 0 Å². The SMILES string of the molecule is Cc1cc(N(c2cc(C)c(-c3cc4ccccc4c4ccccc34)c3c2=N[Si](C)(C)N=3)c2cc(C)c(C3CCSC3)c3c2=N[Si](C)(C)N=3)c2c(c1-c1cccc3c1ccc1ccccc13)=N[Si](C)(C)N=2. The Morgan fingerprint density at radius 1 is 0.429 bits per heavy atom. The van der Waals surface area contributed by atoms with E-state index in [0.717, 1.165) is 83.6 Å². The van der Waals surface area contributed by atoms with Crippen LogP contribution in [0.4, 0.5) is 17.1 Å². The van der Waals surface area contributed by atoms with Crippen molar-refractivity contribution in [3.8, 4) is 22.3 Å². The lowest BCUT2D eigenvalue weighted by atomic mass is 9.90. The maximum absolute atomic E-state index is 5.76. The van der Waals surface area contributed by atoms with E-state index < -0.39 is 25.2 Å². The molecule has 0 radical (unpaired) electrons. The van der Waals surface area contributed by atoms with Gasteiger partial charge in [0.1, 0.15) is 0 Å². The predicted octanol–water partition coefficient (Wildman–Crippen LogP) is 12.1. The van der Waals surface area contributed by atoms with Gasteiger partial charge in [-0.3, -0.25) is 27.9 Å². The maximum Gasteiger partial charge on any atom is 0.298 e. The van der Waals surface area contributed by atoms with Gasteiger partial charge in [0, 0.05) is 16.9 Å². The summed E-state index contributed by atoms with van der Waals surface area (Å²) < 4.78 is 34.2. The number of nitrogens with zero attached hydrogens (tertiary/aromatic N) is 7.